The highest BCUT2D eigenvalue weighted by atomic mass is 32.2. The van der Waals surface area contributed by atoms with Gasteiger partial charge in [0.1, 0.15) is 5.82 Å². The minimum absolute atomic E-state index is 0.141. The largest absolute Gasteiger partial charge is 0.339 e. The molecule has 1 heterocycles. The normalized spacial score (nSPS) is 12.3. The minimum Gasteiger partial charge on any atom is -0.339 e. The zero-order chi connectivity index (χ0) is 16.2. The summed E-state index contributed by atoms with van der Waals surface area (Å²) in [4.78, 5) is 4.37. The van der Waals surface area contributed by atoms with E-state index in [-0.39, 0.29) is 11.7 Å². The first-order valence-corrected chi connectivity index (χ1v) is 8.74. The van der Waals surface area contributed by atoms with Crippen molar-refractivity contribution in [2.45, 2.75) is 18.6 Å². The van der Waals surface area contributed by atoms with Gasteiger partial charge in [0.2, 0.25) is 5.89 Å². The molecule has 1 unspecified atom stereocenters. The smallest absolute Gasteiger partial charge is 0.233 e. The van der Waals surface area contributed by atoms with Crippen LogP contribution in [0, 0.1) is 5.82 Å². The van der Waals surface area contributed by atoms with E-state index in [1.807, 2.05) is 49.6 Å². The molecule has 1 aromatic heterocycles. The molecule has 0 aliphatic carbocycles. The third kappa shape index (κ3) is 3.45. The Balaban J connectivity index is 1.87. The first-order chi connectivity index (χ1) is 11.2. The second-order valence-electron chi connectivity index (χ2n) is 5.31. The Morgan fingerprint density at radius 3 is 2.65 bits per heavy atom. The molecule has 0 fully saturated rings. The molecule has 0 radical (unpaired) electrons. The highest BCUT2D eigenvalue weighted by Crippen LogP contribution is 2.28. The summed E-state index contributed by atoms with van der Waals surface area (Å²) in [6.07, 6.45) is 1.98. The van der Waals surface area contributed by atoms with Gasteiger partial charge in [-0.1, -0.05) is 47.6 Å². The Bertz CT molecular complexity index is 789. The number of benzene rings is 2. The Labute approximate surface area is 138 Å². The Morgan fingerprint density at radius 2 is 1.96 bits per heavy atom. The lowest BCUT2D eigenvalue weighted by Gasteiger charge is -2.10. The predicted molar refractivity (Wildman–Crippen MR) is 90.9 cm³/mol. The number of halogens is 1. The van der Waals surface area contributed by atoms with Crippen molar-refractivity contribution in [1.82, 2.24) is 10.1 Å². The molecule has 0 bridgehead atoms. The monoisotopic (exact) mass is 328 g/mol. The average molecular weight is 328 g/mol. The lowest BCUT2D eigenvalue weighted by atomic mass is 9.97. The molecule has 3 nitrogen and oxygen atoms in total. The third-order valence-corrected chi connectivity index (χ3v) is 4.25. The fourth-order valence-corrected chi connectivity index (χ4v) is 2.80. The molecular weight excluding hydrogens is 311 g/mol. The van der Waals surface area contributed by atoms with E-state index in [4.69, 9.17) is 4.52 Å². The van der Waals surface area contributed by atoms with E-state index in [1.54, 1.807) is 23.9 Å². The summed E-state index contributed by atoms with van der Waals surface area (Å²) >= 11 is 1.63. The SMILES string of the molecule is CSCc1noc(C(C)c2ccc(-c3ccccc3)c(F)c2)n1. The van der Waals surface area contributed by atoms with Gasteiger partial charge in [-0.3, -0.25) is 0 Å². The Morgan fingerprint density at radius 1 is 1.17 bits per heavy atom. The summed E-state index contributed by atoms with van der Waals surface area (Å²) in [6, 6.07) is 14.8. The van der Waals surface area contributed by atoms with Gasteiger partial charge in [0.05, 0.1) is 11.7 Å². The van der Waals surface area contributed by atoms with Gasteiger partial charge in [-0.25, -0.2) is 4.39 Å². The standard InChI is InChI=1S/C18H17FN2OS/c1-12(18-20-17(11-23-2)21-22-18)14-8-9-15(16(19)10-14)13-6-4-3-5-7-13/h3-10,12H,11H2,1-2H3. The second kappa shape index (κ2) is 6.96. The highest BCUT2D eigenvalue weighted by Gasteiger charge is 2.18. The number of rotatable bonds is 5. The van der Waals surface area contributed by atoms with Crippen LogP contribution in [-0.4, -0.2) is 16.4 Å². The zero-order valence-electron chi connectivity index (χ0n) is 13.0. The van der Waals surface area contributed by atoms with Gasteiger partial charge in [0, 0.05) is 5.56 Å². The van der Waals surface area contributed by atoms with Gasteiger partial charge in [-0.15, -0.1) is 0 Å². The number of aromatic nitrogens is 2. The molecule has 0 N–H and O–H groups in total. The number of thioether (sulfide) groups is 1. The van der Waals surface area contributed by atoms with Gasteiger partial charge < -0.3 is 4.52 Å². The van der Waals surface area contributed by atoms with Gasteiger partial charge in [-0.2, -0.15) is 16.7 Å². The second-order valence-corrected chi connectivity index (χ2v) is 6.17. The number of nitrogens with zero attached hydrogens (tertiary/aromatic N) is 2. The molecule has 0 aliphatic heterocycles. The zero-order valence-corrected chi connectivity index (χ0v) is 13.8. The maximum absolute atomic E-state index is 14.5. The molecule has 2 aromatic carbocycles. The molecule has 5 heteroatoms. The lowest BCUT2D eigenvalue weighted by Crippen LogP contribution is -1.98. The first-order valence-electron chi connectivity index (χ1n) is 7.35. The van der Waals surface area contributed by atoms with E-state index in [0.29, 0.717) is 23.0 Å². The van der Waals surface area contributed by atoms with Gasteiger partial charge in [-0.05, 0) is 30.4 Å². The molecule has 1 atom stereocenters. The van der Waals surface area contributed by atoms with Crippen molar-refractivity contribution in [3.05, 3.63) is 71.6 Å². The van der Waals surface area contributed by atoms with E-state index < -0.39 is 0 Å². The van der Waals surface area contributed by atoms with Crippen molar-refractivity contribution in [2.24, 2.45) is 0 Å². The molecule has 0 saturated heterocycles. The van der Waals surface area contributed by atoms with Crippen LogP contribution in [0.5, 0.6) is 0 Å². The van der Waals surface area contributed by atoms with Gasteiger partial charge in [0.25, 0.3) is 0 Å². The molecule has 0 aliphatic rings. The number of hydrogen-bond donors (Lipinski definition) is 0. The molecule has 118 valence electrons. The number of hydrogen-bond acceptors (Lipinski definition) is 4. The van der Waals surface area contributed by atoms with Crippen molar-refractivity contribution in [3.63, 3.8) is 0 Å². The summed E-state index contributed by atoms with van der Waals surface area (Å²) in [5.74, 6) is 1.50. The average Bonchev–Trinajstić information content (AvgIpc) is 3.04. The summed E-state index contributed by atoms with van der Waals surface area (Å²) in [6.45, 7) is 1.94. The fourth-order valence-electron chi connectivity index (χ4n) is 2.43. The van der Waals surface area contributed by atoms with E-state index in [9.17, 15) is 4.39 Å². The van der Waals surface area contributed by atoms with Crippen molar-refractivity contribution in [1.29, 1.82) is 0 Å². The predicted octanol–water partition coefficient (Wildman–Crippen LogP) is 4.89. The van der Waals surface area contributed by atoms with E-state index >= 15 is 0 Å². The molecule has 0 amide bonds. The maximum Gasteiger partial charge on any atom is 0.233 e. The molecule has 3 rings (SSSR count). The molecule has 0 saturated carbocycles. The van der Waals surface area contributed by atoms with E-state index in [2.05, 4.69) is 10.1 Å². The topological polar surface area (TPSA) is 38.9 Å². The lowest BCUT2D eigenvalue weighted by molar-refractivity contribution is 0.366. The van der Waals surface area contributed by atoms with Crippen LogP contribution in [0.4, 0.5) is 4.39 Å². The van der Waals surface area contributed by atoms with Crippen LogP contribution in [-0.2, 0) is 5.75 Å². The quantitative estimate of drug-likeness (QED) is 0.668. The van der Waals surface area contributed by atoms with E-state index in [0.717, 1.165) is 11.1 Å². The van der Waals surface area contributed by atoms with Gasteiger partial charge in [0.15, 0.2) is 5.82 Å². The summed E-state index contributed by atoms with van der Waals surface area (Å²) in [7, 11) is 0. The minimum atomic E-state index is -0.246. The van der Waals surface area contributed by atoms with Crippen molar-refractivity contribution in [2.75, 3.05) is 6.26 Å². The van der Waals surface area contributed by atoms with Crippen LogP contribution in [0.3, 0.4) is 0 Å². The van der Waals surface area contributed by atoms with Crippen molar-refractivity contribution in [3.8, 4) is 11.1 Å². The Hall–Kier alpha value is -2.14. The fraction of sp³-hybridized carbons (Fsp3) is 0.222. The molecule has 23 heavy (non-hydrogen) atoms. The highest BCUT2D eigenvalue weighted by molar-refractivity contribution is 7.97. The van der Waals surface area contributed by atoms with Crippen LogP contribution in [0.25, 0.3) is 11.1 Å². The van der Waals surface area contributed by atoms with Crippen LogP contribution < -0.4 is 0 Å². The Kier molecular flexibility index (Phi) is 4.76. The van der Waals surface area contributed by atoms with E-state index in [1.165, 1.54) is 0 Å². The van der Waals surface area contributed by atoms with Crippen molar-refractivity contribution < 1.29 is 8.91 Å². The maximum atomic E-state index is 14.5. The van der Waals surface area contributed by atoms with Crippen LogP contribution in [0.15, 0.2) is 53.1 Å². The molecular formula is C18H17FN2OS. The van der Waals surface area contributed by atoms with Crippen molar-refractivity contribution >= 4 is 11.8 Å². The van der Waals surface area contributed by atoms with Gasteiger partial charge >= 0.3 is 0 Å². The summed E-state index contributed by atoms with van der Waals surface area (Å²) in [5.41, 5.74) is 2.28. The molecule has 0 spiro atoms. The summed E-state index contributed by atoms with van der Waals surface area (Å²) in [5, 5.41) is 3.94. The molecule has 3 aromatic rings. The van der Waals surface area contributed by atoms with Crippen LogP contribution >= 0.6 is 11.8 Å². The van der Waals surface area contributed by atoms with Crippen LogP contribution in [0.1, 0.15) is 30.1 Å². The first kappa shape index (κ1) is 15.7. The van der Waals surface area contributed by atoms with Crippen LogP contribution in [0.2, 0.25) is 0 Å². The summed E-state index contributed by atoms with van der Waals surface area (Å²) < 4.78 is 19.8. The third-order valence-electron chi connectivity index (χ3n) is 3.71.